The molecule has 0 amide bonds. The number of allylic oxidation sites excluding steroid dienone is 16. The summed E-state index contributed by atoms with van der Waals surface area (Å²) in [5.74, 6) is -2.02. The molecule has 0 aromatic heterocycles. The normalized spacial score (nSPS) is 13.5. The Morgan fingerprint density at radius 1 is 0.411 bits per heavy atom. The SMILES string of the molecule is CC/C=C\C/C=C\C/C=C\C/C=C\C/C=C\CCCCCCCCCCCCCCCCCC(=O)OC(COC(=O)CCCCCCCCC/C=C\C/C=C\C/C=C\CC)COC(OCC[N+](C)(C)C)C(=O)O. The van der Waals surface area contributed by atoms with Gasteiger partial charge in [-0.3, -0.25) is 9.59 Å². The van der Waals surface area contributed by atoms with Crippen LogP contribution in [0.5, 0.6) is 0 Å². The van der Waals surface area contributed by atoms with Gasteiger partial charge in [0.05, 0.1) is 34.4 Å². The maximum atomic E-state index is 12.9. The number of rotatable bonds is 53. The summed E-state index contributed by atoms with van der Waals surface area (Å²) in [7, 11) is 5.96. The van der Waals surface area contributed by atoms with E-state index in [9.17, 15) is 19.5 Å². The molecule has 0 spiro atoms. The van der Waals surface area contributed by atoms with Crippen LogP contribution < -0.4 is 0 Å². The number of quaternary nitrogens is 1. The van der Waals surface area contributed by atoms with Crippen molar-refractivity contribution < 1.29 is 42.9 Å². The molecule has 0 aromatic rings. The van der Waals surface area contributed by atoms with Crippen molar-refractivity contribution in [2.45, 2.75) is 245 Å². The maximum Gasteiger partial charge on any atom is 0.361 e. The van der Waals surface area contributed by atoms with E-state index in [0.717, 1.165) is 96.3 Å². The monoisotopic (exact) mass is 1020 g/mol. The van der Waals surface area contributed by atoms with Gasteiger partial charge in [0.1, 0.15) is 13.2 Å². The van der Waals surface area contributed by atoms with Crippen molar-refractivity contribution in [2.24, 2.45) is 0 Å². The molecule has 1 N–H and O–H groups in total. The van der Waals surface area contributed by atoms with Crippen LogP contribution in [0.15, 0.2) is 97.2 Å². The standard InChI is InChI=1S/C64H109NO8/c1-6-8-10-12-14-16-18-20-22-24-25-26-27-28-29-30-31-32-33-34-35-36-37-39-41-43-45-47-49-51-53-55-62(67)73-60(59-72-64(63(68)69)70-57-56-65(3,4)5)58-71-61(66)54-52-50-48-46-44-42-40-38-23-21-19-17-15-13-11-9-7-2/h8-11,14-17,20-23,25-26,28-29,60,64H,6-7,12-13,18-19,24,27,30-59H2,1-5H3/p+1/b10-8-,11-9-,16-14-,17-15-,22-20-,23-21-,26-25-,29-28-. The van der Waals surface area contributed by atoms with E-state index in [1.165, 1.54) is 103 Å². The Morgan fingerprint density at radius 3 is 1.10 bits per heavy atom. The van der Waals surface area contributed by atoms with Crippen LogP contribution >= 0.6 is 0 Å². The Hall–Kier alpha value is -3.79. The van der Waals surface area contributed by atoms with Gasteiger partial charge in [0, 0.05) is 12.8 Å². The molecular formula is C64H110NO8+. The molecule has 0 saturated heterocycles. The van der Waals surface area contributed by atoms with Gasteiger partial charge in [-0.2, -0.15) is 0 Å². The molecule has 9 nitrogen and oxygen atoms in total. The summed E-state index contributed by atoms with van der Waals surface area (Å²) in [6.07, 6.45) is 70.6. The summed E-state index contributed by atoms with van der Waals surface area (Å²) in [5.41, 5.74) is 0. The van der Waals surface area contributed by atoms with Crippen molar-refractivity contribution >= 4 is 17.9 Å². The van der Waals surface area contributed by atoms with Crippen molar-refractivity contribution in [1.82, 2.24) is 0 Å². The lowest BCUT2D eigenvalue weighted by Gasteiger charge is -2.25. The van der Waals surface area contributed by atoms with Gasteiger partial charge in [-0.15, -0.1) is 0 Å². The second-order valence-corrected chi connectivity index (χ2v) is 20.5. The second kappa shape index (κ2) is 54.5. The van der Waals surface area contributed by atoms with Crippen LogP contribution in [0.1, 0.15) is 232 Å². The first kappa shape index (κ1) is 69.2. The largest absolute Gasteiger partial charge is 0.477 e. The minimum absolute atomic E-state index is 0.182. The summed E-state index contributed by atoms with van der Waals surface area (Å²) in [6.45, 7) is 4.64. The summed E-state index contributed by atoms with van der Waals surface area (Å²) in [4.78, 5) is 37.4. The molecule has 0 rings (SSSR count). The summed E-state index contributed by atoms with van der Waals surface area (Å²) >= 11 is 0. The molecule has 0 heterocycles. The number of esters is 2. The molecule has 0 saturated carbocycles. The second-order valence-electron chi connectivity index (χ2n) is 20.5. The fraction of sp³-hybridized carbons (Fsp3) is 0.703. The minimum Gasteiger partial charge on any atom is -0.477 e. The minimum atomic E-state index is -1.52. The van der Waals surface area contributed by atoms with Crippen molar-refractivity contribution in [3.05, 3.63) is 97.2 Å². The smallest absolute Gasteiger partial charge is 0.361 e. The highest BCUT2D eigenvalue weighted by atomic mass is 16.7. The maximum absolute atomic E-state index is 12.9. The van der Waals surface area contributed by atoms with E-state index in [1.54, 1.807) is 0 Å². The number of unbranched alkanes of at least 4 members (excludes halogenated alkanes) is 22. The van der Waals surface area contributed by atoms with Crippen molar-refractivity contribution in [2.75, 3.05) is 47.5 Å². The first-order chi connectivity index (χ1) is 35.6. The van der Waals surface area contributed by atoms with Gasteiger partial charge < -0.3 is 28.5 Å². The Morgan fingerprint density at radius 2 is 0.740 bits per heavy atom. The van der Waals surface area contributed by atoms with Crippen LogP contribution in [0.4, 0.5) is 0 Å². The number of carbonyl (C=O) groups excluding carboxylic acids is 2. The van der Waals surface area contributed by atoms with Crippen molar-refractivity contribution in [3.8, 4) is 0 Å². The van der Waals surface area contributed by atoms with Gasteiger partial charge in [0.15, 0.2) is 6.10 Å². The summed E-state index contributed by atoms with van der Waals surface area (Å²) in [5, 5.41) is 9.70. The van der Waals surface area contributed by atoms with Crippen LogP contribution in [-0.2, 0) is 33.3 Å². The van der Waals surface area contributed by atoms with E-state index >= 15 is 0 Å². The van der Waals surface area contributed by atoms with E-state index in [4.69, 9.17) is 18.9 Å². The molecule has 2 unspecified atom stereocenters. The van der Waals surface area contributed by atoms with Gasteiger partial charge >= 0.3 is 17.9 Å². The fourth-order valence-electron chi connectivity index (χ4n) is 7.88. The van der Waals surface area contributed by atoms with Crippen LogP contribution in [0.25, 0.3) is 0 Å². The number of carboxylic acid groups (broad SMARTS) is 1. The van der Waals surface area contributed by atoms with Crippen LogP contribution in [0.3, 0.4) is 0 Å². The molecule has 0 radical (unpaired) electrons. The molecule has 9 heteroatoms. The molecule has 0 aliphatic heterocycles. The first-order valence-corrected chi connectivity index (χ1v) is 29.4. The number of hydrogen-bond donors (Lipinski definition) is 1. The third-order valence-electron chi connectivity index (χ3n) is 12.3. The number of ether oxygens (including phenoxy) is 4. The molecule has 0 aliphatic carbocycles. The van der Waals surface area contributed by atoms with Crippen LogP contribution in [-0.4, -0.2) is 87.4 Å². The topological polar surface area (TPSA) is 108 Å². The molecule has 2 atom stereocenters. The Kier molecular flexibility index (Phi) is 51.6. The lowest BCUT2D eigenvalue weighted by molar-refractivity contribution is -0.870. The molecule has 0 aliphatic rings. The Balaban J connectivity index is 4.19. The van der Waals surface area contributed by atoms with E-state index in [1.807, 2.05) is 21.1 Å². The zero-order valence-corrected chi connectivity index (χ0v) is 47.5. The lowest BCUT2D eigenvalue weighted by atomic mass is 10.0. The highest BCUT2D eigenvalue weighted by Crippen LogP contribution is 2.16. The molecule has 73 heavy (non-hydrogen) atoms. The van der Waals surface area contributed by atoms with E-state index in [2.05, 4.69) is 111 Å². The quantitative estimate of drug-likeness (QED) is 0.0211. The van der Waals surface area contributed by atoms with Crippen molar-refractivity contribution in [1.29, 1.82) is 0 Å². The lowest BCUT2D eigenvalue weighted by Crippen LogP contribution is -2.40. The third-order valence-corrected chi connectivity index (χ3v) is 12.3. The van der Waals surface area contributed by atoms with Gasteiger partial charge in [0.25, 0.3) is 6.29 Å². The fourth-order valence-corrected chi connectivity index (χ4v) is 7.88. The zero-order chi connectivity index (χ0) is 53.4. The average Bonchev–Trinajstić information content (AvgIpc) is 3.36. The van der Waals surface area contributed by atoms with Gasteiger partial charge in [-0.1, -0.05) is 227 Å². The molecule has 0 bridgehead atoms. The van der Waals surface area contributed by atoms with Gasteiger partial charge in [0.2, 0.25) is 0 Å². The predicted molar refractivity (Wildman–Crippen MR) is 309 cm³/mol. The van der Waals surface area contributed by atoms with Crippen LogP contribution in [0.2, 0.25) is 0 Å². The number of carbonyl (C=O) groups is 3. The highest BCUT2D eigenvalue weighted by molar-refractivity contribution is 5.71. The Bertz CT molecular complexity index is 1520. The molecule has 418 valence electrons. The summed E-state index contributed by atoms with van der Waals surface area (Å²) in [6, 6.07) is 0. The Labute approximate surface area is 448 Å². The highest BCUT2D eigenvalue weighted by Gasteiger charge is 2.25. The molecule has 0 aromatic carbocycles. The van der Waals surface area contributed by atoms with Crippen molar-refractivity contribution in [3.63, 3.8) is 0 Å². The molecule has 0 fully saturated rings. The third kappa shape index (κ3) is 55.8. The number of aliphatic carboxylic acids is 1. The first-order valence-electron chi connectivity index (χ1n) is 29.4. The number of likely N-dealkylation sites (N-methyl/N-ethyl adjacent to an activating group) is 1. The van der Waals surface area contributed by atoms with E-state index < -0.39 is 24.3 Å². The zero-order valence-electron chi connectivity index (χ0n) is 47.5. The van der Waals surface area contributed by atoms with E-state index in [0.29, 0.717) is 17.4 Å². The summed E-state index contributed by atoms with van der Waals surface area (Å²) < 4.78 is 22.9. The number of carboxylic acids is 1. The van der Waals surface area contributed by atoms with Gasteiger partial charge in [-0.05, 0) is 89.9 Å². The predicted octanol–water partition coefficient (Wildman–Crippen LogP) is 17.3. The van der Waals surface area contributed by atoms with Gasteiger partial charge in [-0.25, -0.2) is 4.79 Å². The number of nitrogens with zero attached hydrogens (tertiary/aromatic N) is 1. The molecular weight excluding hydrogens is 911 g/mol. The number of hydrogen-bond acceptors (Lipinski definition) is 7. The average molecular weight is 1020 g/mol. The van der Waals surface area contributed by atoms with Crippen LogP contribution in [0, 0.1) is 0 Å². The van der Waals surface area contributed by atoms with E-state index in [-0.39, 0.29) is 38.6 Å².